The van der Waals surface area contributed by atoms with Crippen LogP contribution in [-0.2, 0) is 6.42 Å². The number of hydrogen-bond donors (Lipinski definition) is 0. The number of aryl methyl sites for hydroxylation is 1. The van der Waals surface area contributed by atoms with Crippen molar-refractivity contribution in [2.75, 3.05) is 0 Å². The Morgan fingerprint density at radius 2 is 1.84 bits per heavy atom. The van der Waals surface area contributed by atoms with Crippen molar-refractivity contribution in [3.63, 3.8) is 0 Å². The number of halogens is 2. The molecule has 1 heterocycles. The topological polar surface area (TPSA) is 9.23 Å². The SMILES string of the molecule is FC(F)c1cccc2c1OC(C1CCCCC1)CC2. The molecule has 2 aliphatic rings. The van der Waals surface area contributed by atoms with Crippen molar-refractivity contribution in [3.05, 3.63) is 29.3 Å². The van der Waals surface area contributed by atoms with Gasteiger partial charge in [-0.15, -0.1) is 0 Å². The van der Waals surface area contributed by atoms with Gasteiger partial charge in [0.1, 0.15) is 11.9 Å². The van der Waals surface area contributed by atoms with Crippen LogP contribution in [0, 0.1) is 5.92 Å². The third-order valence-corrected chi connectivity index (χ3v) is 4.51. The van der Waals surface area contributed by atoms with Crippen molar-refractivity contribution in [2.24, 2.45) is 5.92 Å². The monoisotopic (exact) mass is 266 g/mol. The Hall–Kier alpha value is -1.12. The molecule has 0 radical (unpaired) electrons. The standard InChI is InChI=1S/C16H20F2O/c17-16(18)13-8-4-7-12-9-10-14(19-15(12)13)11-5-2-1-3-6-11/h4,7-8,11,14,16H,1-3,5-6,9-10H2. The molecule has 1 atom stereocenters. The molecule has 3 heteroatoms. The molecule has 3 rings (SSSR count). The smallest absolute Gasteiger partial charge is 0.267 e. The Kier molecular flexibility index (Phi) is 3.72. The molecule has 104 valence electrons. The lowest BCUT2D eigenvalue weighted by molar-refractivity contribution is 0.0782. The van der Waals surface area contributed by atoms with Gasteiger partial charge in [-0.25, -0.2) is 8.78 Å². The van der Waals surface area contributed by atoms with E-state index >= 15 is 0 Å². The zero-order valence-electron chi connectivity index (χ0n) is 11.1. The summed E-state index contributed by atoms with van der Waals surface area (Å²) in [4.78, 5) is 0. The van der Waals surface area contributed by atoms with Gasteiger partial charge in [0.25, 0.3) is 6.43 Å². The lowest BCUT2D eigenvalue weighted by Crippen LogP contribution is -2.32. The number of para-hydroxylation sites is 1. The minimum absolute atomic E-state index is 0.0676. The van der Waals surface area contributed by atoms with E-state index in [0.29, 0.717) is 11.7 Å². The Labute approximate surface area is 113 Å². The Balaban J connectivity index is 1.81. The van der Waals surface area contributed by atoms with E-state index in [0.717, 1.165) is 18.4 Å². The van der Waals surface area contributed by atoms with Crippen LogP contribution in [0.15, 0.2) is 18.2 Å². The highest BCUT2D eigenvalue weighted by Gasteiger charge is 2.31. The van der Waals surface area contributed by atoms with Gasteiger partial charge in [-0.3, -0.25) is 0 Å². The van der Waals surface area contributed by atoms with Crippen LogP contribution < -0.4 is 4.74 Å². The molecule has 1 aromatic rings. The molecular formula is C16H20F2O. The van der Waals surface area contributed by atoms with Crippen LogP contribution in [0.4, 0.5) is 8.78 Å². The molecule has 1 aliphatic heterocycles. The first kappa shape index (κ1) is 12.9. The highest BCUT2D eigenvalue weighted by molar-refractivity contribution is 5.43. The molecule has 1 fully saturated rings. The van der Waals surface area contributed by atoms with Gasteiger partial charge >= 0.3 is 0 Å². The number of hydrogen-bond acceptors (Lipinski definition) is 1. The second-order valence-corrected chi connectivity index (χ2v) is 5.73. The maximum absolute atomic E-state index is 13.0. The summed E-state index contributed by atoms with van der Waals surface area (Å²) in [5, 5.41) is 0. The fourth-order valence-corrected chi connectivity index (χ4v) is 3.46. The van der Waals surface area contributed by atoms with Crippen LogP contribution in [0.5, 0.6) is 5.75 Å². The van der Waals surface area contributed by atoms with Crippen molar-refractivity contribution in [1.82, 2.24) is 0 Å². The Bertz CT molecular complexity index is 438. The molecule has 1 saturated carbocycles. The maximum Gasteiger partial charge on any atom is 0.267 e. The van der Waals surface area contributed by atoms with Gasteiger partial charge in [0.05, 0.1) is 5.56 Å². The van der Waals surface area contributed by atoms with Crippen LogP contribution in [0.3, 0.4) is 0 Å². The molecule has 0 aromatic heterocycles. The van der Waals surface area contributed by atoms with E-state index in [1.165, 1.54) is 38.2 Å². The van der Waals surface area contributed by atoms with Gasteiger partial charge in [0.15, 0.2) is 0 Å². The lowest BCUT2D eigenvalue weighted by Gasteiger charge is -2.35. The number of ether oxygens (including phenoxy) is 1. The second-order valence-electron chi connectivity index (χ2n) is 5.73. The van der Waals surface area contributed by atoms with Crippen LogP contribution in [0.25, 0.3) is 0 Å². The summed E-state index contributed by atoms with van der Waals surface area (Å²) in [7, 11) is 0. The molecule has 1 nitrogen and oxygen atoms in total. The molecule has 0 bridgehead atoms. The summed E-state index contributed by atoms with van der Waals surface area (Å²) >= 11 is 0. The Morgan fingerprint density at radius 1 is 1.05 bits per heavy atom. The largest absolute Gasteiger partial charge is 0.489 e. The average Bonchev–Trinajstić information content (AvgIpc) is 2.47. The van der Waals surface area contributed by atoms with E-state index < -0.39 is 6.43 Å². The fraction of sp³-hybridized carbons (Fsp3) is 0.625. The molecule has 0 spiro atoms. The van der Waals surface area contributed by atoms with Gasteiger partial charge < -0.3 is 4.74 Å². The summed E-state index contributed by atoms with van der Waals surface area (Å²) in [6.07, 6.45) is 5.76. The molecule has 1 unspecified atom stereocenters. The van der Waals surface area contributed by atoms with Crippen LogP contribution >= 0.6 is 0 Å². The van der Waals surface area contributed by atoms with Gasteiger partial charge in [0, 0.05) is 0 Å². The van der Waals surface area contributed by atoms with Crippen molar-refractivity contribution in [3.8, 4) is 5.75 Å². The number of alkyl halides is 2. The summed E-state index contributed by atoms with van der Waals surface area (Å²) in [5.74, 6) is 1.03. The van der Waals surface area contributed by atoms with Crippen LogP contribution in [0.2, 0.25) is 0 Å². The van der Waals surface area contributed by atoms with E-state index in [9.17, 15) is 8.78 Å². The molecule has 1 aromatic carbocycles. The maximum atomic E-state index is 13.0. The summed E-state index contributed by atoms with van der Waals surface area (Å²) in [5.41, 5.74) is 1.02. The minimum atomic E-state index is -2.44. The average molecular weight is 266 g/mol. The summed E-state index contributed by atoms with van der Waals surface area (Å²) in [6, 6.07) is 5.12. The third kappa shape index (κ3) is 2.60. The number of benzene rings is 1. The summed E-state index contributed by atoms with van der Waals surface area (Å²) in [6.45, 7) is 0. The quantitative estimate of drug-likeness (QED) is 0.740. The third-order valence-electron chi connectivity index (χ3n) is 4.51. The number of fused-ring (bicyclic) bond motifs is 1. The highest BCUT2D eigenvalue weighted by Crippen LogP contribution is 2.40. The highest BCUT2D eigenvalue weighted by atomic mass is 19.3. The van der Waals surface area contributed by atoms with E-state index in [-0.39, 0.29) is 11.7 Å². The van der Waals surface area contributed by atoms with Gasteiger partial charge in [-0.1, -0.05) is 31.4 Å². The van der Waals surface area contributed by atoms with Crippen LogP contribution in [0.1, 0.15) is 56.1 Å². The fourth-order valence-electron chi connectivity index (χ4n) is 3.46. The van der Waals surface area contributed by atoms with Gasteiger partial charge in [-0.05, 0) is 43.2 Å². The van der Waals surface area contributed by atoms with Crippen molar-refractivity contribution in [2.45, 2.75) is 57.5 Å². The molecule has 0 saturated heterocycles. The van der Waals surface area contributed by atoms with E-state index in [1.807, 2.05) is 6.07 Å². The lowest BCUT2D eigenvalue weighted by atomic mass is 9.82. The zero-order chi connectivity index (χ0) is 13.2. The zero-order valence-corrected chi connectivity index (χ0v) is 11.1. The van der Waals surface area contributed by atoms with E-state index in [4.69, 9.17) is 4.74 Å². The molecule has 1 aliphatic carbocycles. The van der Waals surface area contributed by atoms with E-state index in [2.05, 4.69) is 0 Å². The first-order valence-corrected chi connectivity index (χ1v) is 7.32. The van der Waals surface area contributed by atoms with Crippen molar-refractivity contribution >= 4 is 0 Å². The predicted octanol–water partition coefficient (Wildman–Crippen LogP) is 4.90. The number of rotatable bonds is 2. The Morgan fingerprint density at radius 3 is 2.58 bits per heavy atom. The van der Waals surface area contributed by atoms with Crippen molar-refractivity contribution in [1.29, 1.82) is 0 Å². The normalized spacial score (nSPS) is 24.1. The van der Waals surface area contributed by atoms with E-state index in [1.54, 1.807) is 6.07 Å². The van der Waals surface area contributed by atoms with Gasteiger partial charge in [0.2, 0.25) is 0 Å². The van der Waals surface area contributed by atoms with Gasteiger partial charge in [-0.2, -0.15) is 0 Å². The molecule has 19 heavy (non-hydrogen) atoms. The molecule has 0 N–H and O–H groups in total. The summed E-state index contributed by atoms with van der Waals surface area (Å²) < 4.78 is 32.1. The first-order chi connectivity index (χ1) is 9.25. The molecule has 0 amide bonds. The predicted molar refractivity (Wildman–Crippen MR) is 70.7 cm³/mol. The van der Waals surface area contributed by atoms with Crippen LogP contribution in [-0.4, -0.2) is 6.10 Å². The first-order valence-electron chi connectivity index (χ1n) is 7.32. The second kappa shape index (κ2) is 5.48. The van der Waals surface area contributed by atoms with Crippen molar-refractivity contribution < 1.29 is 13.5 Å². The minimum Gasteiger partial charge on any atom is -0.489 e. The molecular weight excluding hydrogens is 246 g/mol.